The molecular weight excluding hydrogens is 256 g/mol. The van der Waals surface area contributed by atoms with E-state index in [2.05, 4.69) is 30.3 Å². The first-order valence-corrected chi connectivity index (χ1v) is 7.71. The number of hydrogen-bond acceptors (Lipinski definition) is 1. The Morgan fingerprint density at radius 3 is 2.79 bits per heavy atom. The summed E-state index contributed by atoms with van der Waals surface area (Å²) in [4.78, 5) is 0. The highest BCUT2D eigenvalue weighted by atomic mass is 35.5. The fourth-order valence-corrected chi connectivity index (χ4v) is 3.19. The Morgan fingerprint density at radius 1 is 1.32 bits per heavy atom. The lowest BCUT2D eigenvalue weighted by atomic mass is 9.83. The third-order valence-corrected chi connectivity index (χ3v) is 4.21. The van der Waals surface area contributed by atoms with E-state index in [4.69, 9.17) is 16.3 Å². The van der Waals surface area contributed by atoms with E-state index in [-0.39, 0.29) is 0 Å². The molecule has 19 heavy (non-hydrogen) atoms. The van der Waals surface area contributed by atoms with E-state index in [0.29, 0.717) is 18.4 Å². The average molecular weight is 279 g/mol. The molecule has 1 aliphatic rings. The summed E-state index contributed by atoms with van der Waals surface area (Å²) in [5, 5.41) is 0. The van der Waals surface area contributed by atoms with Gasteiger partial charge in [0.05, 0.1) is 6.61 Å². The molecular formula is C17H23ClO. The van der Waals surface area contributed by atoms with Crippen molar-refractivity contribution in [2.45, 2.75) is 38.7 Å². The van der Waals surface area contributed by atoms with Gasteiger partial charge in [-0.2, -0.15) is 0 Å². The van der Waals surface area contributed by atoms with Crippen molar-refractivity contribution in [2.24, 2.45) is 5.92 Å². The molecule has 1 saturated carbocycles. The summed E-state index contributed by atoms with van der Waals surface area (Å²) in [5.74, 6) is 1.34. The van der Waals surface area contributed by atoms with Crippen LogP contribution in [0.5, 0.6) is 0 Å². The zero-order valence-electron chi connectivity index (χ0n) is 11.7. The maximum absolute atomic E-state index is 6.16. The molecule has 104 valence electrons. The largest absolute Gasteiger partial charge is 0.380 e. The Bertz CT molecular complexity index is 419. The third kappa shape index (κ3) is 4.36. The van der Waals surface area contributed by atoms with Gasteiger partial charge in [0.2, 0.25) is 0 Å². The smallest absolute Gasteiger partial charge is 0.0713 e. The zero-order chi connectivity index (χ0) is 13.5. The molecule has 0 heterocycles. The van der Waals surface area contributed by atoms with Crippen LogP contribution in [0.15, 0.2) is 29.8 Å². The van der Waals surface area contributed by atoms with Gasteiger partial charge >= 0.3 is 0 Å². The van der Waals surface area contributed by atoms with Crippen molar-refractivity contribution in [2.75, 3.05) is 13.0 Å². The van der Waals surface area contributed by atoms with Crippen LogP contribution < -0.4 is 0 Å². The fourth-order valence-electron chi connectivity index (χ4n) is 2.89. The Balaban J connectivity index is 2.14. The Labute approximate surface area is 121 Å². The van der Waals surface area contributed by atoms with E-state index in [1.54, 1.807) is 7.11 Å². The number of rotatable bonds is 5. The molecule has 0 N–H and O–H groups in total. The molecule has 1 aromatic carbocycles. The topological polar surface area (TPSA) is 9.23 Å². The normalized spacial score (nSPS) is 17.7. The molecule has 1 fully saturated rings. The zero-order valence-corrected chi connectivity index (χ0v) is 12.5. The molecule has 0 amide bonds. The highest BCUT2D eigenvalue weighted by Gasteiger charge is 2.17. The van der Waals surface area contributed by atoms with Gasteiger partial charge in [0.25, 0.3) is 0 Å². The molecule has 0 radical (unpaired) electrons. The first-order chi connectivity index (χ1) is 9.33. The van der Waals surface area contributed by atoms with Crippen molar-refractivity contribution < 1.29 is 4.74 Å². The monoisotopic (exact) mass is 278 g/mol. The fraction of sp³-hybridized carbons (Fsp3) is 0.529. The molecule has 0 unspecified atom stereocenters. The SMILES string of the molecule is COCc1cccc(C=C(CCl)C2CCCCC2)c1. The van der Waals surface area contributed by atoms with Crippen LogP contribution in [-0.2, 0) is 11.3 Å². The summed E-state index contributed by atoms with van der Waals surface area (Å²) in [6.07, 6.45) is 8.97. The second-order valence-electron chi connectivity index (χ2n) is 5.37. The second-order valence-corrected chi connectivity index (χ2v) is 5.63. The van der Waals surface area contributed by atoms with Crippen LogP contribution in [0.3, 0.4) is 0 Å². The molecule has 0 saturated heterocycles. The highest BCUT2D eigenvalue weighted by molar-refractivity contribution is 6.19. The van der Waals surface area contributed by atoms with Gasteiger partial charge in [0.15, 0.2) is 0 Å². The average Bonchev–Trinajstić information content (AvgIpc) is 2.46. The van der Waals surface area contributed by atoms with Gasteiger partial charge in [-0.25, -0.2) is 0 Å². The summed E-state index contributed by atoms with van der Waals surface area (Å²) in [5.41, 5.74) is 3.86. The van der Waals surface area contributed by atoms with Gasteiger partial charge in [-0.3, -0.25) is 0 Å². The lowest BCUT2D eigenvalue weighted by molar-refractivity contribution is 0.185. The molecule has 1 nitrogen and oxygen atoms in total. The quantitative estimate of drug-likeness (QED) is 0.686. The third-order valence-electron chi connectivity index (χ3n) is 3.90. The van der Waals surface area contributed by atoms with E-state index in [0.717, 1.165) is 0 Å². The van der Waals surface area contributed by atoms with Crippen LogP contribution in [0.2, 0.25) is 0 Å². The highest BCUT2D eigenvalue weighted by Crippen LogP contribution is 2.31. The van der Waals surface area contributed by atoms with Crippen LogP contribution in [0, 0.1) is 5.92 Å². The van der Waals surface area contributed by atoms with Crippen molar-refractivity contribution in [3.05, 3.63) is 41.0 Å². The predicted molar refractivity (Wildman–Crippen MR) is 82.4 cm³/mol. The molecule has 1 aliphatic carbocycles. The second kappa shape index (κ2) is 7.72. The minimum absolute atomic E-state index is 0.652. The molecule has 0 bridgehead atoms. The van der Waals surface area contributed by atoms with Crippen molar-refractivity contribution in [1.29, 1.82) is 0 Å². The standard InChI is InChI=1S/C17H23ClO/c1-19-13-15-7-5-6-14(10-15)11-17(12-18)16-8-3-2-4-9-16/h5-7,10-11,16H,2-4,8-9,12-13H2,1H3. The Hall–Kier alpha value is -0.790. The van der Waals surface area contributed by atoms with Crippen molar-refractivity contribution in [1.82, 2.24) is 0 Å². The number of methoxy groups -OCH3 is 1. The summed E-state index contributed by atoms with van der Waals surface area (Å²) in [6, 6.07) is 8.53. The number of halogens is 1. The van der Waals surface area contributed by atoms with Crippen molar-refractivity contribution >= 4 is 17.7 Å². The van der Waals surface area contributed by atoms with Crippen LogP contribution in [-0.4, -0.2) is 13.0 Å². The minimum atomic E-state index is 0.652. The lowest BCUT2D eigenvalue weighted by Gasteiger charge is -2.23. The van der Waals surface area contributed by atoms with E-state index in [9.17, 15) is 0 Å². The number of alkyl halides is 1. The molecule has 0 spiro atoms. The molecule has 1 aromatic rings. The van der Waals surface area contributed by atoms with E-state index in [1.807, 2.05) is 0 Å². The van der Waals surface area contributed by atoms with Gasteiger partial charge in [0.1, 0.15) is 0 Å². The maximum Gasteiger partial charge on any atom is 0.0713 e. The van der Waals surface area contributed by atoms with Crippen LogP contribution in [0.1, 0.15) is 43.2 Å². The van der Waals surface area contributed by atoms with Crippen molar-refractivity contribution in [3.8, 4) is 0 Å². The first-order valence-electron chi connectivity index (χ1n) is 7.18. The Kier molecular flexibility index (Phi) is 5.93. The van der Waals surface area contributed by atoms with Crippen molar-refractivity contribution in [3.63, 3.8) is 0 Å². The number of allylic oxidation sites excluding steroid dienone is 1. The van der Waals surface area contributed by atoms with Gasteiger partial charge in [0, 0.05) is 13.0 Å². The summed E-state index contributed by atoms with van der Waals surface area (Å²) in [6.45, 7) is 0.668. The molecule has 2 heteroatoms. The maximum atomic E-state index is 6.16. The lowest BCUT2D eigenvalue weighted by Crippen LogP contribution is -2.10. The van der Waals surface area contributed by atoms with Crippen LogP contribution in [0.25, 0.3) is 6.08 Å². The summed E-state index contributed by atoms with van der Waals surface area (Å²) < 4.78 is 5.18. The van der Waals surface area contributed by atoms with E-state index >= 15 is 0 Å². The van der Waals surface area contributed by atoms with E-state index < -0.39 is 0 Å². The van der Waals surface area contributed by atoms with Gasteiger partial charge in [-0.05, 0) is 36.0 Å². The van der Waals surface area contributed by atoms with Gasteiger partial charge in [-0.1, -0.05) is 49.1 Å². The number of ether oxygens (including phenoxy) is 1. The molecule has 0 atom stereocenters. The molecule has 0 aromatic heterocycles. The molecule has 0 aliphatic heterocycles. The molecule has 2 rings (SSSR count). The summed E-state index contributed by atoms with van der Waals surface area (Å²) in [7, 11) is 1.73. The minimum Gasteiger partial charge on any atom is -0.380 e. The number of hydrogen-bond donors (Lipinski definition) is 0. The van der Waals surface area contributed by atoms with Crippen LogP contribution in [0.4, 0.5) is 0 Å². The van der Waals surface area contributed by atoms with Crippen LogP contribution >= 0.6 is 11.6 Å². The number of benzene rings is 1. The summed E-state index contributed by atoms with van der Waals surface area (Å²) >= 11 is 6.16. The first kappa shape index (κ1) is 14.6. The van der Waals surface area contributed by atoms with Gasteiger partial charge in [-0.15, -0.1) is 11.6 Å². The van der Waals surface area contributed by atoms with E-state index in [1.165, 1.54) is 48.8 Å². The Morgan fingerprint density at radius 2 is 2.11 bits per heavy atom. The predicted octanol–water partition coefficient (Wildman–Crippen LogP) is 5.04. The van der Waals surface area contributed by atoms with Gasteiger partial charge < -0.3 is 4.74 Å².